The van der Waals surface area contributed by atoms with Crippen LogP contribution in [0.25, 0.3) is 0 Å². The second-order valence-electron chi connectivity index (χ2n) is 3.77. The molecule has 0 unspecified atom stereocenters. The molecule has 0 spiro atoms. The van der Waals surface area contributed by atoms with Crippen molar-refractivity contribution in [3.05, 3.63) is 60.4 Å². The van der Waals surface area contributed by atoms with Crippen LogP contribution in [0.1, 0.15) is 12.0 Å². The van der Waals surface area contributed by atoms with Crippen molar-refractivity contribution >= 4 is 11.6 Å². The van der Waals surface area contributed by atoms with Crippen molar-refractivity contribution in [1.29, 1.82) is 0 Å². The van der Waals surface area contributed by atoms with Gasteiger partial charge < -0.3 is 5.32 Å². The lowest BCUT2D eigenvalue weighted by Crippen LogP contribution is -2.12. The first-order valence-corrected chi connectivity index (χ1v) is 5.58. The molecule has 0 atom stereocenters. The van der Waals surface area contributed by atoms with Gasteiger partial charge in [-0.15, -0.1) is 0 Å². The topological polar surface area (TPSA) is 42.0 Å². The number of carbonyl (C=O) groups is 1. The molecule has 0 aliphatic rings. The molecular formula is C14H14N2O. The molecule has 2 rings (SSSR count). The minimum Gasteiger partial charge on any atom is -0.326 e. The lowest BCUT2D eigenvalue weighted by atomic mass is 10.1. The summed E-state index contributed by atoms with van der Waals surface area (Å²) in [4.78, 5) is 15.6. The third kappa shape index (κ3) is 3.72. The fourth-order valence-electron chi connectivity index (χ4n) is 1.55. The van der Waals surface area contributed by atoms with Crippen molar-refractivity contribution in [2.75, 3.05) is 5.32 Å². The van der Waals surface area contributed by atoms with Crippen LogP contribution in [-0.4, -0.2) is 10.9 Å². The Kier molecular flexibility index (Phi) is 3.86. The van der Waals surface area contributed by atoms with Gasteiger partial charge in [0.1, 0.15) is 0 Å². The number of carbonyl (C=O) groups excluding carboxylic acids is 1. The smallest absolute Gasteiger partial charge is 0.224 e. The van der Waals surface area contributed by atoms with Gasteiger partial charge in [-0.05, 0) is 36.2 Å². The van der Waals surface area contributed by atoms with Crippen LogP contribution in [0, 0.1) is 0 Å². The van der Waals surface area contributed by atoms with E-state index < -0.39 is 0 Å². The minimum absolute atomic E-state index is 0.0352. The van der Waals surface area contributed by atoms with Crippen molar-refractivity contribution in [3.63, 3.8) is 0 Å². The van der Waals surface area contributed by atoms with E-state index in [2.05, 4.69) is 10.3 Å². The Hall–Kier alpha value is -2.16. The van der Waals surface area contributed by atoms with Crippen LogP contribution in [0.5, 0.6) is 0 Å². The van der Waals surface area contributed by atoms with E-state index in [1.807, 2.05) is 42.5 Å². The quantitative estimate of drug-likeness (QED) is 0.870. The van der Waals surface area contributed by atoms with Gasteiger partial charge in [0.05, 0.1) is 0 Å². The lowest BCUT2D eigenvalue weighted by molar-refractivity contribution is -0.116. The summed E-state index contributed by atoms with van der Waals surface area (Å²) in [6.45, 7) is 0. The van der Waals surface area contributed by atoms with E-state index in [9.17, 15) is 4.79 Å². The highest BCUT2D eigenvalue weighted by Gasteiger charge is 2.02. The summed E-state index contributed by atoms with van der Waals surface area (Å²) in [6.07, 6.45) is 4.70. The summed E-state index contributed by atoms with van der Waals surface area (Å²) in [5.74, 6) is 0.0352. The molecule has 17 heavy (non-hydrogen) atoms. The van der Waals surface area contributed by atoms with Gasteiger partial charge in [0.2, 0.25) is 5.91 Å². The Balaban J connectivity index is 1.83. The molecular weight excluding hydrogens is 212 g/mol. The first-order chi connectivity index (χ1) is 8.34. The van der Waals surface area contributed by atoms with E-state index in [0.717, 1.165) is 17.7 Å². The van der Waals surface area contributed by atoms with Crippen molar-refractivity contribution in [3.8, 4) is 0 Å². The Labute approximate surface area is 101 Å². The maximum Gasteiger partial charge on any atom is 0.224 e. The molecule has 0 bridgehead atoms. The Bertz CT molecular complexity index is 468. The predicted octanol–water partition coefficient (Wildman–Crippen LogP) is 2.65. The number of hydrogen-bond donors (Lipinski definition) is 1. The zero-order chi connectivity index (χ0) is 11.9. The molecule has 1 aromatic carbocycles. The number of amides is 1. The van der Waals surface area contributed by atoms with E-state index >= 15 is 0 Å². The number of aryl methyl sites for hydroxylation is 1. The first kappa shape index (κ1) is 11.3. The number of hydrogen-bond acceptors (Lipinski definition) is 2. The van der Waals surface area contributed by atoms with Gasteiger partial charge in [0.15, 0.2) is 0 Å². The second-order valence-corrected chi connectivity index (χ2v) is 3.77. The Morgan fingerprint density at radius 1 is 1.06 bits per heavy atom. The number of aromatic nitrogens is 1. The van der Waals surface area contributed by atoms with E-state index in [1.54, 1.807) is 12.4 Å². The van der Waals surface area contributed by atoms with Crippen LogP contribution >= 0.6 is 0 Å². The van der Waals surface area contributed by atoms with Gasteiger partial charge in [-0.25, -0.2) is 0 Å². The number of benzene rings is 1. The van der Waals surface area contributed by atoms with E-state index in [4.69, 9.17) is 0 Å². The van der Waals surface area contributed by atoms with Crippen molar-refractivity contribution in [2.24, 2.45) is 0 Å². The molecule has 0 saturated carbocycles. The van der Waals surface area contributed by atoms with Gasteiger partial charge >= 0.3 is 0 Å². The van der Waals surface area contributed by atoms with Gasteiger partial charge in [0.25, 0.3) is 0 Å². The molecule has 86 valence electrons. The summed E-state index contributed by atoms with van der Waals surface area (Å²) in [6, 6.07) is 13.3. The fraction of sp³-hybridized carbons (Fsp3) is 0.143. The number of nitrogens with zero attached hydrogens (tertiary/aromatic N) is 1. The molecule has 3 heteroatoms. The highest BCUT2D eigenvalue weighted by Crippen LogP contribution is 2.07. The van der Waals surface area contributed by atoms with Crippen LogP contribution in [-0.2, 0) is 11.2 Å². The molecule has 0 fully saturated rings. The first-order valence-electron chi connectivity index (χ1n) is 5.58. The third-order valence-electron chi connectivity index (χ3n) is 2.45. The molecule has 3 nitrogen and oxygen atoms in total. The number of para-hydroxylation sites is 1. The van der Waals surface area contributed by atoms with Crippen LogP contribution in [0.2, 0.25) is 0 Å². The maximum absolute atomic E-state index is 11.7. The highest BCUT2D eigenvalue weighted by atomic mass is 16.1. The molecule has 1 N–H and O–H groups in total. The van der Waals surface area contributed by atoms with Gasteiger partial charge in [-0.1, -0.05) is 18.2 Å². The zero-order valence-corrected chi connectivity index (χ0v) is 9.47. The van der Waals surface area contributed by atoms with Crippen molar-refractivity contribution < 1.29 is 4.79 Å². The number of anilines is 1. The fourth-order valence-corrected chi connectivity index (χ4v) is 1.55. The molecule has 2 aromatic rings. The van der Waals surface area contributed by atoms with Gasteiger partial charge in [-0.2, -0.15) is 0 Å². The van der Waals surface area contributed by atoms with E-state index in [0.29, 0.717) is 6.42 Å². The number of rotatable bonds is 4. The van der Waals surface area contributed by atoms with Crippen LogP contribution in [0.4, 0.5) is 5.69 Å². The van der Waals surface area contributed by atoms with Crippen molar-refractivity contribution in [2.45, 2.75) is 12.8 Å². The second kappa shape index (κ2) is 5.80. The van der Waals surface area contributed by atoms with Crippen LogP contribution < -0.4 is 5.32 Å². The lowest BCUT2D eigenvalue weighted by Gasteiger charge is -2.04. The molecule has 1 aromatic heterocycles. The molecule has 0 saturated heterocycles. The summed E-state index contributed by atoms with van der Waals surface area (Å²) in [7, 11) is 0. The Morgan fingerprint density at radius 3 is 2.47 bits per heavy atom. The monoisotopic (exact) mass is 226 g/mol. The molecule has 0 radical (unpaired) electrons. The summed E-state index contributed by atoms with van der Waals surface area (Å²) in [5.41, 5.74) is 1.97. The SMILES string of the molecule is O=C(CCc1ccncc1)Nc1ccccc1. The number of pyridine rings is 1. The standard InChI is InChI=1S/C14H14N2O/c17-14(16-13-4-2-1-3-5-13)7-6-12-8-10-15-11-9-12/h1-5,8-11H,6-7H2,(H,16,17). The molecule has 0 aliphatic heterocycles. The average molecular weight is 226 g/mol. The van der Waals surface area contributed by atoms with Crippen LogP contribution in [0.3, 0.4) is 0 Å². The van der Waals surface area contributed by atoms with Crippen molar-refractivity contribution in [1.82, 2.24) is 4.98 Å². The van der Waals surface area contributed by atoms with Gasteiger partial charge in [0, 0.05) is 24.5 Å². The zero-order valence-electron chi connectivity index (χ0n) is 9.47. The number of nitrogens with one attached hydrogen (secondary N) is 1. The maximum atomic E-state index is 11.7. The average Bonchev–Trinajstić information content (AvgIpc) is 2.39. The van der Waals surface area contributed by atoms with Gasteiger partial charge in [-0.3, -0.25) is 9.78 Å². The molecule has 1 heterocycles. The summed E-state index contributed by atoms with van der Waals surface area (Å²) in [5, 5.41) is 2.86. The normalized spacial score (nSPS) is 9.88. The summed E-state index contributed by atoms with van der Waals surface area (Å²) >= 11 is 0. The van der Waals surface area contributed by atoms with E-state index in [-0.39, 0.29) is 5.91 Å². The minimum atomic E-state index is 0.0352. The largest absolute Gasteiger partial charge is 0.326 e. The third-order valence-corrected chi connectivity index (χ3v) is 2.45. The predicted molar refractivity (Wildman–Crippen MR) is 67.6 cm³/mol. The molecule has 1 amide bonds. The van der Waals surface area contributed by atoms with Crippen LogP contribution in [0.15, 0.2) is 54.9 Å². The van der Waals surface area contributed by atoms with E-state index in [1.165, 1.54) is 0 Å². The Morgan fingerprint density at radius 2 is 1.76 bits per heavy atom. The summed E-state index contributed by atoms with van der Waals surface area (Å²) < 4.78 is 0. The molecule has 0 aliphatic carbocycles. The highest BCUT2D eigenvalue weighted by molar-refractivity contribution is 5.90.